The van der Waals surface area contributed by atoms with Crippen LogP contribution in [-0.4, -0.2) is 44.5 Å². The van der Waals surface area contributed by atoms with Crippen molar-refractivity contribution < 1.29 is 4.79 Å². The lowest BCUT2D eigenvalue weighted by Gasteiger charge is -2.27. The second-order valence-corrected chi connectivity index (χ2v) is 7.93. The minimum Gasteiger partial charge on any atom is -0.356 e. The third-order valence-electron chi connectivity index (χ3n) is 4.82. The number of guanidine groups is 1. The van der Waals surface area contributed by atoms with Crippen molar-refractivity contribution in [1.29, 1.82) is 0 Å². The zero-order valence-corrected chi connectivity index (χ0v) is 20.6. The fraction of sp³-hybridized carbons (Fsp3) is 0.391. The first-order valence-corrected chi connectivity index (χ1v) is 9.55. The summed E-state index contributed by atoms with van der Waals surface area (Å²) < 4.78 is 0. The summed E-state index contributed by atoms with van der Waals surface area (Å²) >= 11 is 0. The average molecular weight is 508 g/mol. The number of aryl methyl sites for hydroxylation is 1. The lowest BCUT2D eigenvalue weighted by molar-refractivity contribution is 0.0827. The molecule has 0 atom stereocenters. The molecule has 0 aromatic heterocycles. The van der Waals surface area contributed by atoms with E-state index >= 15 is 0 Å². The third-order valence-corrected chi connectivity index (χ3v) is 4.82. The molecule has 2 rings (SSSR count). The van der Waals surface area contributed by atoms with E-state index in [1.165, 1.54) is 11.1 Å². The van der Waals surface area contributed by atoms with Gasteiger partial charge in [0.15, 0.2) is 5.96 Å². The van der Waals surface area contributed by atoms with Crippen LogP contribution in [-0.2, 0) is 12.0 Å². The molecule has 0 heterocycles. The Bertz CT molecular complexity index is 812. The summed E-state index contributed by atoms with van der Waals surface area (Å²) in [7, 11) is 5.28. The van der Waals surface area contributed by atoms with Gasteiger partial charge in [0.25, 0.3) is 5.91 Å². The van der Waals surface area contributed by atoms with Crippen molar-refractivity contribution in [3.63, 3.8) is 0 Å². The Morgan fingerprint density at radius 2 is 1.59 bits per heavy atom. The Morgan fingerprint density at radius 1 is 1.00 bits per heavy atom. The largest absolute Gasteiger partial charge is 0.356 e. The van der Waals surface area contributed by atoms with Crippen LogP contribution in [0.3, 0.4) is 0 Å². The summed E-state index contributed by atoms with van der Waals surface area (Å²) in [5.74, 6) is 0.768. The van der Waals surface area contributed by atoms with Crippen LogP contribution in [0.2, 0.25) is 0 Å². The molecular weight excluding hydrogens is 475 g/mol. The minimum absolute atomic E-state index is 0. The first-order chi connectivity index (χ1) is 13.2. The number of carbonyl (C=O) groups excluding carboxylic acids is 1. The van der Waals surface area contributed by atoms with E-state index in [1.807, 2.05) is 24.3 Å². The number of aliphatic imine (C=N–C) groups is 1. The van der Waals surface area contributed by atoms with E-state index in [2.05, 4.69) is 60.7 Å². The van der Waals surface area contributed by atoms with Gasteiger partial charge >= 0.3 is 0 Å². The summed E-state index contributed by atoms with van der Waals surface area (Å²) in [5.41, 5.74) is 4.33. The molecule has 0 unspecified atom stereocenters. The normalized spacial score (nSPS) is 11.4. The maximum atomic E-state index is 12.0. The number of hydrogen-bond donors (Lipinski definition) is 2. The number of halogens is 1. The topological polar surface area (TPSA) is 56.7 Å². The van der Waals surface area contributed by atoms with Crippen molar-refractivity contribution in [2.45, 2.75) is 32.7 Å². The molecule has 2 N–H and O–H groups in total. The van der Waals surface area contributed by atoms with E-state index in [0.29, 0.717) is 12.1 Å². The molecule has 0 saturated heterocycles. The molecule has 29 heavy (non-hydrogen) atoms. The number of nitrogens with one attached hydrogen (secondary N) is 2. The molecular formula is C23H33IN4O. The predicted molar refractivity (Wildman–Crippen MR) is 132 cm³/mol. The molecule has 0 aliphatic rings. The van der Waals surface area contributed by atoms with E-state index in [0.717, 1.165) is 18.1 Å². The molecule has 2 aromatic carbocycles. The van der Waals surface area contributed by atoms with Crippen LogP contribution in [0.25, 0.3) is 0 Å². The zero-order valence-electron chi connectivity index (χ0n) is 18.2. The summed E-state index contributed by atoms with van der Waals surface area (Å²) in [4.78, 5) is 17.9. The number of benzene rings is 2. The summed E-state index contributed by atoms with van der Waals surface area (Å²) in [6.07, 6.45) is 0. The van der Waals surface area contributed by atoms with Gasteiger partial charge in [0.1, 0.15) is 0 Å². The van der Waals surface area contributed by atoms with Crippen LogP contribution in [0.5, 0.6) is 0 Å². The van der Waals surface area contributed by atoms with Gasteiger partial charge in [-0.05, 0) is 30.2 Å². The fourth-order valence-corrected chi connectivity index (χ4v) is 2.84. The lowest BCUT2D eigenvalue weighted by Crippen LogP contribution is -2.43. The SMILES string of the molecule is CN=C(NCc1ccc(C(=O)N(C)C)cc1)NCC(C)(C)c1ccc(C)cc1.I. The van der Waals surface area contributed by atoms with Crippen LogP contribution < -0.4 is 10.6 Å². The van der Waals surface area contributed by atoms with Crippen molar-refractivity contribution >= 4 is 35.8 Å². The van der Waals surface area contributed by atoms with E-state index in [4.69, 9.17) is 0 Å². The highest BCUT2D eigenvalue weighted by molar-refractivity contribution is 14.0. The predicted octanol–water partition coefficient (Wildman–Crippen LogP) is 3.96. The number of hydrogen-bond acceptors (Lipinski definition) is 2. The molecule has 0 bridgehead atoms. The van der Waals surface area contributed by atoms with Gasteiger partial charge in [-0.1, -0.05) is 55.8 Å². The van der Waals surface area contributed by atoms with Crippen LogP contribution >= 0.6 is 24.0 Å². The van der Waals surface area contributed by atoms with E-state index in [1.54, 1.807) is 26.0 Å². The van der Waals surface area contributed by atoms with E-state index < -0.39 is 0 Å². The third kappa shape index (κ3) is 7.34. The molecule has 0 fully saturated rings. The second kappa shape index (κ2) is 11.2. The highest BCUT2D eigenvalue weighted by Crippen LogP contribution is 2.22. The van der Waals surface area contributed by atoms with Gasteiger partial charge in [0, 0.05) is 45.2 Å². The Morgan fingerprint density at radius 3 is 2.10 bits per heavy atom. The van der Waals surface area contributed by atoms with Crippen LogP contribution in [0.15, 0.2) is 53.5 Å². The molecule has 0 aliphatic heterocycles. The summed E-state index contributed by atoms with van der Waals surface area (Å²) in [6.45, 7) is 7.95. The highest BCUT2D eigenvalue weighted by atomic mass is 127. The standard InChI is InChI=1S/C23H32N4O.HI/c1-17-7-13-20(14-8-17)23(2,3)16-26-22(24-4)25-15-18-9-11-19(12-10-18)21(28)27(5)6;/h7-14H,15-16H2,1-6H3,(H2,24,25,26);1H. The van der Waals surface area contributed by atoms with E-state index in [9.17, 15) is 4.79 Å². The van der Waals surface area contributed by atoms with Crippen LogP contribution in [0.4, 0.5) is 0 Å². The smallest absolute Gasteiger partial charge is 0.253 e. The van der Waals surface area contributed by atoms with Gasteiger partial charge in [0.05, 0.1) is 0 Å². The highest BCUT2D eigenvalue weighted by Gasteiger charge is 2.20. The first-order valence-electron chi connectivity index (χ1n) is 9.55. The molecule has 0 saturated carbocycles. The molecule has 0 aliphatic carbocycles. The van der Waals surface area contributed by atoms with Crippen molar-refractivity contribution in [1.82, 2.24) is 15.5 Å². The second-order valence-electron chi connectivity index (χ2n) is 7.93. The van der Waals surface area contributed by atoms with Gasteiger partial charge in [-0.15, -0.1) is 24.0 Å². The Hall–Kier alpha value is -2.09. The first kappa shape index (κ1) is 24.9. The Labute approximate surface area is 192 Å². The monoisotopic (exact) mass is 508 g/mol. The number of rotatable bonds is 6. The molecule has 158 valence electrons. The fourth-order valence-electron chi connectivity index (χ4n) is 2.84. The van der Waals surface area contributed by atoms with Gasteiger partial charge in [-0.25, -0.2) is 0 Å². The maximum absolute atomic E-state index is 12.0. The van der Waals surface area contributed by atoms with Crippen molar-refractivity contribution in [3.05, 3.63) is 70.8 Å². The van der Waals surface area contributed by atoms with Crippen LogP contribution in [0.1, 0.15) is 40.9 Å². The molecule has 6 heteroatoms. The van der Waals surface area contributed by atoms with Gasteiger partial charge < -0.3 is 15.5 Å². The van der Waals surface area contributed by atoms with Gasteiger partial charge in [-0.2, -0.15) is 0 Å². The Balaban J connectivity index is 0.00000420. The molecule has 5 nitrogen and oxygen atoms in total. The van der Waals surface area contributed by atoms with Gasteiger partial charge in [0.2, 0.25) is 0 Å². The van der Waals surface area contributed by atoms with Crippen molar-refractivity contribution in [3.8, 4) is 0 Å². The van der Waals surface area contributed by atoms with Crippen molar-refractivity contribution in [2.75, 3.05) is 27.7 Å². The average Bonchev–Trinajstić information content (AvgIpc) is 2.68. The lowest BCUT2D eigenvalue weighted by atomic mass is 9.84. The Kier molecular flexibility index (Phi) is 9.62. The number of amides is 1. The van der Waals surface area contributed by atoms with Crippen LogP contribution in [0, 0.1) is 6.92 Å². The molecule has 0 radical (unpaired) electrons. The molecule has 2 aromatic rings. The van der Waals surface area contributed by atoms with Crippen molar-refractivity contribution in [2.24, 2.45) is 4.99 Å². The summed E-state index contributed by atoms with van der Waals surface area (Å²) in [5, 5.41) is 6.75. The summed E-state index contributed by atoms with van der Waals surface area (Å²) in [6, 6.07) is 16.3. The number of nitrogens with zero attached hydrogens (tertiary/aromatic N) is 2. The minimum atomic E-state index is -0.0144. The van der Waals surface area contributed by atoms with E-state index in [-0.39, 0.29) is 35.3 Å². The molecule has 1 amide bonds. The van der Waals surface area contributed by atoms with Gasteiger partial charge in [-0.3, -0.25) is 9.79 Å². The quantitative estimate of drug-likeness (QED) is 0.353. The maximum Gasteiger partial charge on any atom is 0.253 e. The zero-order chi connectivity index (χ0) is 20.7. The molecule has 0 spiro atoms. The number of carbonyl (C=O) groups is 1.